The molecule has 0 heterocycles. The highest BCUT2D eigenvalue weighted by Crippen LogP contribution is 2.32. The van der Waals surface area contributed by atoms with Crippen molar-refractivity contribution in [3.8, 4) is 11.5 Å². The average Bonchev–Trinajstić information content (AvgIpc) is 2.56. The molecule has 0 saturated carbocycles. The smallest absolute Gasteiger partial charge is 0.276 e. The summed E-state index contributed by atoms with van der Waals surface area (Å²) in [7, 11) is -0.745. The van der Waals surface area contributed by atoms with Crippen molar-refractivity contribution < 1.29 is 17.9 Å². The van der Waals surface area contributed by atoms with Crippen molar-refractivity contribution in [1.82, 2.24) is 4.83 Å². The maximum Gasteiger partial charge on any atom is 0.276 e. The van der Waals surface area contributed by atoms with Gasteiger partial charge in [0.25, 0.3) is 10.0 Å². The summed E-state index contributed by atoms with van der Waals surface area (Å²) in [6.45, 7) is 1.88. The van der Waals surface area contributed by atoms with Crippen molar-refractivity contribution in [3.05, 3.63) is 52.5 Å². The second kappa shape index (κ2) is 7.55. The molecule has 2 aromatic carbocycles. The summed E-state index contributed by atoms with van der Waals surface area (Å²) in [5.41, 5.74) is 1.45. The largest absolute Gasteiger partial charge is 0.493 e. The molecule has 6 nitrogen and oxygen atoms in total. The van der Waals surface area contributed by atoms with E-state index in [0.29, 0.717) is 22.1 Å². The second-order valence-corrected chi connectivity index (χ2v) is 6.96. The first-order valence-corrected chi connectivity index (χ1v) is 8.76. The Hall–Kier alpha value is -2.25. The second-order valence-electron chi connectivity index (χ2n) is 4.89. The molecular weight excluding hydrogens is 352 g/mol. The first-order chi connectivity index (χ1) is 11.4. The van der Waals surface area contributed by atoms with Crippen molar-refractivity contribution in [2.24, 2.45) is 5.10 Å². The zero-order valence-corrected chi connectivity index (χ0v) is 15.0. The third kappa shape index (κ3) is 4.18. The van der Waals surface area contributed by atoms with Crippen LogP contribution in [-0.2, 0) is 10.0 Å². The van der Waals surface area contributed by atoms with E-state index in [4.69, 9.17) is 21.1 Å². The van der Waals surface area contributed by atoms with E-state index in [1.54, 1.807) is 24.3 Å². The van der Waals surface area contributed by atoms with Gasteiger partial charge < -0.3 is 9.47 Å². The molecule has 2 aromatic rings. The van der Waals surface area contributed by atoms with Gasteiger partial charge in [-0.2, -0.15) is 13.5 Å². The molecular formula is C16H17ClN2O4S. The van der Waals surface area contributed by atoms with Crippen LogP contribution in [0, 0.1) is 6.92 Å². The normalized spacial score (nSPS) is 11.5. The maximum absolute atomic E-state index is 12.1. The van der Waals surface area contributed by atoms with E-state index in [9.17, 15) is 8.42 Å². The van der Waals surface area contributed by atoms with Crippen molar-refractivity contribution in [2.75, 3.05) is 14.2 Å². The van der Waals surface area contributed by atoms with E-state index in [2.05, 4.69) is 9.93 Å². The van der Waals surface area contributed by atoms with Crippen LogP contribution in [-0.4, -0.2) is 28.9 Å². The Morgan fingerprint density at radius 1 is 1.08 bits per heavy atom. The van der Waals surface area contributed by atoms with E-state index in [1.807, 2.05) is 6.92 Å². The molecule has 0 aliphatic heterocycles. The van der Waals surface area contributed by atoms with Gasteiger partial charge in [0.1, 0.15) is 0 Å². The fraction of sp³-hybridized carbons (Fsp3) is 0.188. The number of halogens is 1. The molecule has 0 radical (unpaired) electrons. The van der Waals surface area contributed by atoms with Gasteiger partial charge in [0.2, 0.25) is 0 Å². The molecule has 8 heteroatoms. The molecule has 0 atom stereocenters. The lowest BCUT2D eigenvalue weighted by Crippen LogP contribution is -2.18. The molecule has 0 aromatic heterocycles. The van der Waals surface area contributed by atoms with Crippen molar-refractivity contribution in [2.45, 2.75) is 11.8 Å². The average molecular weight is 369 g/mol. The predicted octanol–water partition coefficient (Wildman–Crippen LogP) is 2.98. The quantitative estimate of drug-likeness (QED) is 0.628. The fourth-order valence-electron chi connectivity index (χ4n) is 1.90. The minimum atomic E-state index is -3.74. The zero-order chi connectivity index (χ0) is 17.7. The van der Waals surface area contributed by atoms with E-state index < -0.39 is 10.0 Å². The maximum atomic E-state index is 12.1. The number of methoxy groups -OCH3 is 2. The Morgan fingerprint density at radius 3 is 2.25 bits per heavy atom. The first kappa shape index (κ1) is 18.1. The Bertz CT molecular complexity index is 849. The minimum absolute atomic E-state index is 0.128. The molecule has 0 aliphatic carbocycles. The molecule has 0 aliphatic rings. The number of hydrogen-bond donors (Lipinski definition) is 1. The summed E-state index contributed by atoms with van der Waals surface area (Å²) in [5.74, 6) is 0.935. The van der Waals surface area contributed by atoms with Crippen molar-refractivity contribution in [1.29, 1.82) is 0 Å². The first-order valence-electron chi connectivity index (χ1n) is 6.90. The number of rotatable bonds is 6. The van der Waals surface area contributed by atoms with Crippen LogP contribution in [0.1, 0.15) is 11.1 Å². The monoisotopic (exact) mass is 368 g/mol. The van der Waals surface area contributed by atoms with Crippen LogP contribution >= 0.6 is 11.6 Å². The van der Waals surface area contributed by atoms with E-state index in [-0.39, 0.29) is 4.90 Å². The van der Waals surface area contributed by atoms with Crippen LogP contribution in [0.4, 0.5) is 0 Å². The number of nitrogens with zero attached hydrogens (tertiary/aromatic N) is 1. The van der Waals surface area contributed by atoms with Crippen molar-refractivity contribution in [3.63, 3.8) is 0 Å². The molecule has 1 N–H and O–H groups in total. The number of sulfonamides is 1. The van der Waals surface area contributed by atoms with Crippen LogP contribution in [0.5, 0.6) is 11.5 Å². The van der Waals surface area contributed by atoms with Gasteiger partial charge in [-0.1, -0.05) is 29.3 Å². The third-order valence-corrected chi connectivity index (χ3v) is 4.78. The minimum Gasteiger partial charge on any atom is -0.493 e. The van der Waals surface area contributed by atoms with Gasteiger partial charge in [-0.3, -0.25) is 0 Å². The van der Waals surface area contributed by atoms with Gasteiger partial charge in [-0.15, -0.1) is 0 Å². The molecule has 0 bridgehead atoms. The van der Waals surface area contributed by atoms with Gasteiger partial charge in [0.05, 0.1) is 30.4 Å². The Balaban J connectivity index is 2.21. The van der Waals surface area contributed by atoms with Gasteiger partial charge >= 0.3 is 0 Å². The van der Waals surface area contributed by atoms with Crippen LogP contribution < -0.4 is 14.3 Å². The number of hydrazone groups is 1. The van der Waals surface area contributed by atoms with Crippen LogP contribution in [0.2, 0.25) is 5.02 Å². The number of nitrogens with one attached hydrogen (secondary N) is 1. The summed E-state index contributed by atoms with van der Waals surface area (Å²) in [6.07, 6.45) is 1.30. The molecule has 128 valence electrons. The van der Waals surface area contributed by atoms with Gasteiger partial charge in [0, 0.05) is 11.6 Å². The highest BCUT2D eigenvalue weighted by molar-refractivity contribution is 7.89. The Morgan fingerprint density at radius 2 is 1.67 bits per heavy atom. The van der Waals surface area contributed by atoms with E-state index in [1.165, 1.54) is 32.6 Å². The van der Waals surface area contributed by atoms with Crippen LogP contribution in [0.15, 0.2) is 46.4 Å². The molecule has 0 unspecified atom stereocenters. The van der Waals surface area contributed by atoms with Gasteiger partial charge in [-0.05, 0) is 25.1 Å². The topological polar surface area (TPSA) is 77.0 Å². The SMILES string of the molecule is COc1cc(Cl)c(/C=N\NS(=O)(=O)c2ccc(C)cc2)cc1OC. The summed E-state index contributed by atoms with van der Waals surface area (Å²) in [6, 6.07) is 9.61. The van der Waals surface area contributed by atoms with E-state index in [0.717, 1.165) is 5.56 Å². The lowest BCUT2D eigenvalue weighted by molar-refractivity contribution is 0.355. The summed E-state index contributed by atoms with van der Waals surface area (Å²) < 4.78 is 34.6. The summed E-state index contributed by atoms with van der Waals surface area (Å²) in [4.78, 5) is 2.28. The van der Waals surface area contributed by atoms with E-state index >= 15 is 0 Å². The lowest BCUT2D eigenvalue weighted by Gasteiger charge is -2.09. The molecule has 0 spiro atoms. The molecule has 0 fully saturated rings. The predicted molar refractivity (Wildman–Crippen MR) is 93.7 cm³/mol. The third-order valence-electron chi connectivity index (χ3n) is 3.21. The Kier molecular flexibility index (Phi) is 5.69. The van der Waals surface area contributed by atoms with Crippen LogP contribution in [0.25, 0.3) is 0 Å². The molecule has 0 amide bonds. The number of hydrogen-bond acceptors (Lipinski definition) is 5. The molecule has 2 rings (SSSR count). The molecule has 24 heavy (non-hydrogen) atoms. The summed E-state index contributed by atoms with van der Waals surface area (Å²) in [5, 5.41) is 4.11. The molecule has 0 saturated heterocycles. The zero-order valence-electron chi connectivity index (χ0n) is 13.4. The fourth-order valence-corrected chi connectivity index (χ4v) is 2.90. The highest BCUT2D eigenvalue weighted by Gasteiger charge is 2.12. The van der Waals surface area contributed by atoms with Crippen LogP contribution in [0.3, 0.4) is 0 Å². The highest BCUT2D eigenvalue weighted by atomic mass is 35.5. The lowest BCUT2D eigenvalue weighted by atomic mass is 10.2. The van der Waals surface area contributed by atoms with Crippen molar-refractivity contribution >= 4 is 27.8 Å². The van der Waals surface area contributed by atoms with Gasteiger partial charge in [-0.25, -0.2) is 4.83 Å². The number of benzene rings is 2. The Labute approximate surface area is 146 Å². The number of ether oxygens (including phenoxy) is 2. The van der Waals surface area contributed by atoms with Gasteiger partial charge in [0.15, 0.2) is 11.5 Å². The number of aryl methyl sites for hydroxylation is 1. The standard InChI is InChI=1S/C16H17ClN2O4S/c1-11-4-6-13(7-5-11)24(20,21)19-18-10-12-8-15(22-2)16(23-3)9-14(12)17/h4-10,19H,1-3H3/b18-10-. The summed E-state index contributed by atoms with van der Waals surface area (Å²) >= 11 is 6.12.